The van der Waals surface area contributed by atoms with Gasteiger partial charge in [0.15, 0.2) is 5.82 Å². The fourth-order valence-electron chi connectivity index (χ4n) is 2.91. The quantitative estimate of drug-likeness (QED) is 0.560. The smallest absolute Gasteiger partial charge is 0.162 e. The molecule has 0 aliphatic heterocycles. The average Bonchev–Trinajstić information content (AvgIpc) is 2.68. The van der Waals surface area contributed by atoms with E-state index in [0.29, 0.717) is 0 Å². The summed E-state index contributed by atoms with van der Waals surface area (Å²) in [6.07, 6.45) is 3.68. The van der Waals surface area contributed by atoms with Gasteiger partial charge in [-0.3, -0.25) is 4.98 Å². The Morgan fingerprint density at radius 2 is 1.64 bits per heavy atom. The number of hydrogen-bond acceptors (Lipinski definition) is 4. The number of fused-ring (bicyclic) bond motifs is 1. The highest BCUT2D eigenvalue weighted by Crippen LogP contribution is 2.27. The van der Waals surface area contributed by atoms with Gasteiger partial charge in [0.2, 0.25) is 0 Å². The highest BCUT2D eigenvalue weighted by Gasteiger charge is 2.13. The van der Waals surface area contributed by atoms with E-state index in [1.807, 2.05) is 60.8 Å². The molecule has 4 heteroatoms. The summed E-state index contributed by atoms with van der Waals surface area (Å²) in [7, 11) is 2.05. The summed E-state index contributed by atoms with van der Waals surface area (Å²) >= 11 is 0. The summed E-state index contributed by atoms with van der Waals surface area (Å²) < 4.78 is 0. The summed E-state index contributed by atoms with van der Waals surface area (Å²) in [5.74, 6) is 1.67. The molecule has 0 bridgehead atoms. The second-order valence-corrected chi connectivity index (χ2v) is 5.97. The van der Waals surface area contributed by atoms with Crippen LogP contribution in [0.25, 0.3) is 22.3 Å². The molecule has 2 heterocycles. The Morgan fingerprint density at radius 1 is 0.840 bits per heavy atom. The van der Waals surface area contributed by atoms with Gasteiger partial charge in [0.05, 0.1) is 5.52 Å². The molecule has 0 saturated carbocycles. The first-order valence-electron chi connectivity index (χ1n) is 8.23. The first kappa shape index (κ1) is 15.3. The van der Waals surface area contributed by atoms with Gasteiger partial charge in [-0.2, -0.15) is 0 Å². The van der Waals surface area contributed by atoms with Crippen molar-refractivity contribution in [3.8, 4) is 11.4 Å². The molecule has 122 valence electrons. The molecular weight excluding hydrogens is 308 g/mol. The Labute approximate surface area is 146 Å². The SMILES string of the molecule is CN(Cc1cccnc1)c1nc(-c2ccccc2)nc2ccccc12. The molecule has 4 nitrogen and oxygen atoms in total. The van der Waals surface area contributed by atoms with Crippen LogP contribution in [0.1, 0.15) is 5.56 Å². The summed E-state index contributed by atoms with van der Waals surface area (Å²) in [5.41, 5.74) is 3.11. The summed E-state index contributed by atoms with van der Waals surface area (Å²) in [5, 5.41) is 1.05. The zero-order valence-corrected chi connectivity index (χ0v) is 14.0. The van der Waals surface area contributed by atoms with Crippen molar-refractivity contribution in [1.29, 1.82) is 0 Å². The van der Waals surface area contributed by atoms with Crippen LogP contribution in [-0.2, 0) is 6.54 Å². The Balaban J connectivity index is 1.81. The fraction of sp³-hybridized carbons (Fsp3) is 0.0952. The number of para-hydroxylation sites is 1. The number of nitrogens with zero attached hydrogens (tertiary/aromatic N) is 4. The highest BCUT2D eigenvalue weighted by molar-refractivity contribution is 5.90. The van der Waals surface area contributed by atoms with Crippen molar-refractivity contribution in [3.05, 3.63) is 84.7 Å². The molecule has 0 aliphatic rings. The van der Waals surface area contributed by atoms with Crippen molar-refractivity contribution in [2.24, 2.45) is 0 Å². The minimum atomic E-state index is 0.739. The molecule has 0 saturated heterocycles. The normalized spacial score (nSPS) is 10.8. The Kier molecular flexibility index (Phi) is 4.09. The monoisotopic (exact) mass is 326 g/mol. The zero-order chi connectivity index (χ0) is 17.1. The molecule has 0 fully saturated rings. The molecule has 0 radical (unpaired) electrons. The van der Waals surface area contributed by atoms with Crippen molar-refractivity contribution in [3.63, 3.8) is 0 Å². The third-order valence-corrected chi connectivity index (χ3v) is 4.12. The van der Waals surface area contributed by atoms with Crippen LogP contribution in [0.5, 0.6) is 0 Å². The molecule has 0 atom stereocenters. The van der Waals surface area contributed by atoms with Crippen LogP contribution < -0.4 is 4.90 Å². The van der Waals surface area contributed by atoms with Crippen LogP contribution in [0.3, 0.4) is 0 Å². The molecule has 0 amide bonds. The van der Waals surface area contributed by atoms with E-state index in [1.165, 1.54) is 0 Å². The maximum Gasteiger partial charge on any atom is 0.162 e. The van der Waals surface area contributed by atoms with Crippen molar-refractivity contribution < 1.29 is 0 Å². The van der Waals surface area contributed by atoms with Gasteiger partial charge in [0.1, 0.15) is 5.82 Å². The van der Waals surface area contributed by atoms with Crippen molar-refractivity contribution in [1.82, 2.24) is 15.0 Å². The van der Waals surface area contributed by atoms with Gasteiger partial charge >= 0.3 is 0 Å². The van der Waals surface area contributed by atoms with Gasteiger partial charge in [-0.25, -0.2) is 9.97 Å². The van der Waals surface area contributed by atoms with Crippen LogP contribution in [0.4, 0.5) is 5.82 Å². The highest BCUT2D eigenvalue weighted by atomic mass is 15.2. The van der Waals surface area contributed by atoms with Crippen molar-refractivity contribution in [2.75, 3.05) is 11.9 Å². The van der Waals surface area contributed by atoms with E-state index in [2.05, 4.69) is 29.1 Å². The average molecular weight is 326 g/mol. The molecule has 0 unspecified atom stereocenters. The summed E-state index contributed by atoms with van der Waals surface area (Å²) in [6, 6.07) is 22.2. The molecular formula is C21H18N4. The minimum absolute atomic E-state index is 0.739. The van der Waals surface area contributed by atoms with Crippen molar-refractivity contribution in [2.45, 2.75) is 6.54 Å². The third-order valence-electron chi connectivity index (χ3n) is 4.12. The lowest BCUT2D eigenvalue weighted by atomic mass is 10.1. The molecule has 4 aromatic rings. The standard InChI is InChI=1S/C21H18N4/c1-25(15-16-8-7-13-22-14-16)21-18-11-5-6-12-19(18)23-20(24-21)17-9-3-2-4-10-17/h2-14H,15H2,1H3. The third kappa shape index (κ3) is 3.19. The van der Waals surface area contributed by atoms with E-state index < -0.39 is 0 Å². The van der Waals surface area contributed by atoms with Crippen LogP contribution in [0.2, 0.25) is 0 Å². The second kappa shape index (κ2) is 6.69. The molecule has 0 spiro atoms. The second-order valence-electron chi connectivity index (χ2n) is 5.97. The minimum Gasteiger partial charge on any atom is -0.355 e. The van der Waals surface area contributed by atoms with Gasteiger partial charge < -0.3 is 4.90 Å². The summed E-state index contributed by atoms with van der Waals surface area (Å²) in [6.45, 7) is 0.739. The molecule has 0 aliphatic carbocycles. The predicted octanol–water partition coefficient (Wildman–Crippen LogP) is 4.33. The van der Waals surface area contributed by atoms with Crippen LogP contribution in [0.15, 0.2) is 79.1 Å². The first-order chi connectivity index (χ1) is 12.3. The van der Waals surface area contributed by atoms with E-state index >= 15 is 0 Å². The van der Waals surface area contributed by atoms with Gasteiger partial charge in [-0.05, 0) is 23.8 Å². The van der Waals surface area contributed by atoms with E-state index in [1.54, 1.807) is 6.20 Å². The lowest BCUT2D eigenvalue weighted by Gasteiger charge is -2.20. The van der Waals surface area contributed by atoms with Gasteiger partial charge in [-0.1, -0.05) is 48.5 Å². The molecule has 0 N–H and O–H groups in total. The van der Waals surface area contributed by atoms with E-state index in [0.717, 1.165) is 40.2 Å². The van der Waals surface area contributed by atoms with Crippen molar-refractivity contribution >= 4 is 16.7 Å². The van der Waals surface area contributed by atoms with Crippen LogP contribution >= 0.6 is 0 Å². The predicted molar refractivity (Wildman–Crippen MR) is 101 cm³/mol. The number of benzene rings is 2. The molecule has 25 heavy (non-hydrogen) atoms. The lowest BCUT2D eigenvalue weighted by Crippen LogP contribution is -2.18. The van der Waals surface area contributed by atoms with Gasteiger partial charge in [0, 0.05) is 36.9 Å². The number of anilines is 1. The van der Waals surface area contributed by atoms with E-state index in [-0.39, 0.29) is 0 Å². The lowest BCUT2D eigenvalue weighted by molar-refractivity contribution is 0.895. The van der Waals surface area contributed by atoms with Gasteiger partial charge in [0.25, 0.3) is 0 Å². The van der Waals surface area contributed by atoms with Crippen LogP contribution in [0, 0.1) is 0 Å². The van der Waals surface area contributed by atoms with E-state index in [9.17, 15) is 0 Å². The van der Waals surface area contributed by atoms with Crippen LogP contribution in [-0.4, -0.2) is 22.0 Å². The Hall–Kier alpha value is -3.27. The Bertz CT molecular complexity index is 984. The molecule has 2 aromatic heterocycles. The Morgan fingerprint density at radius 3 is 2.44 bits per heavy atom. The summed E-state index contributed by atoms with van der Waals surface area (Å²) in [4.78, 5) is 16.0. The van der Waals surface area contributed by atoms with E-state index in [4.69, 9.17) is 9.97 Å². The number of rotatable bonds is 4. The van der Waals surface area contributed by atoms with Gasteiger partial charge in [-0.15, -0.1) is 0 Å². The zero-order valence-electron chi connectivity index (χ0n) is 14.0. The molecule has 4 rings (SSSR count). The maximum atomic E-state index is 4.86. The number of pyridine rings is 1. The first-order valence-corrected chi connectivity index (χ1v) is 8.23. The number of hydrogen-bond donors (Lipinski definition) is 0. The topological polar surface area (TPSA) is 41.9 Å². The fourth-order valence-corrected chi connectivity index (χ4v) is 2.91. The number of aromatic nitrogens is 3. The molecule has 2 aromatic carbocycles. The maximum absolute atomic E-state index is 4.86. The largest absolute Gasteiger partial charge is 0.355 e.